The normalized spacial score (nSPS) is 17.3. The zero-order chi connectivity index (χ0) is 16.2. The summed E-state index contributed by atoms with van der Waals surface area (Å²) in [5, 5.41) is 11.1. The van der Waals surface area contributed by atoms with Gasteiger partial charge in [0.2, 0.25) is 0 Å². The molecule has 1 aliphatic rings. The van der Waals surface area contributed by atoms with Crippen molar-refractivity contribution in [2.24, 2.45) is 0 Å². The SMILES string of the molecule is Cc1ccc(N)cc1C(=O)NCC1CCCN1c1cccnn1. The zero-order valence-corrected chi connectivity index (χ0v) is 13.2. The summed E-state index contributed by atoms with van der Waals surface area (Å²) in [5.41, 5.74) is 7.94. The molecule has 0 saturated carbocycles. The van der Waals surface area contributed by atoms with Crippen LogP contribution >= 0.6 is 0 Å². The van der Waals surface area contributed by atoms with E-state index in [1.807, 2.05) is 25.1 Å². The first-order chi connectivity index (χ1) is 11.1. The molecule has 1 aromatic heterocycles. The molecule has 1 saturated heterocycles. The minimum Gasteiger partial charge on any atom is -0.399 e. The van der Waals surface area contributed by atoms with Crippen molar-refractivity contribution in [1.82, 2.24) is 15.5 Å². The smallest absolute Gasteiger partial charge is 0.251 e. The van der Waals surface area contributed by atoms with E-state index in [2.05, 4.69) is 20.4 Å². The number of aryl methyl sites for hydroxylation is 1. The second kappa shape index (κ2) is 6.64. The number of rotatable bonds is 4. The molecular formula is C17H21N5O. The topological polar surface area (TPSA) is 84.1 Å². The van der Waals surface area contributed by atoms with Gasteiger partial charge in [0.25, 0.3) is 5.91 Å². The van der Waals surface area contributed by atoms with E-state index < -0.39 is 0 Å². The fourth-order valence-corrected chi connectivity index (χ4v) is 2.99. The van der Waals surface area contributed by atoms with Crippen LogP contribution in [-0.2, 0) is 0 Å². The molecule has 1 aromatic carbocycles. The minimum absolute atomic E-state index is 0.0826. The Labute approximate surface area is 135 Å². The summed E-state index contributed by atoms with van der Waals surface area (Å²) >= 11 is 0. The monoisotopic (exact) mass is 311 g/mol. The van der Waals surface area contributed by atoms with E-state index in [9.17, 15) is 4.79 Å². The molecule has 6 heteroatoms. The lowest BCUT2D eigenvalue weighted by molar-refractivity contribution is 0.0950. The molecule has 0 radical (unpaired) electrons. The highest BCUT2D eigenvalue weighted by Gasteiger charge is 2.26. The van der Waals surface area contributed by atoms with Crippen LogP contribution in [0, 0.1) is 6.92 Å². The van der Waals surface area contributed by atoms with Crippen LogP contribution in [0.25, 0.3) is 0 Å². The predicted molar refractivity (Wildman–Crippen MR) is 90.3 cm³/mol. The van der Waals surface area contributed by atoms with Gasteiger partial charge < -0.3 is 16.0 Å². The molecule has 120 valence electrons. The zero-order valence-electron chi connectivity index (χ0n) is 13.2. The van der Waals surface area contributed by atoms with Crippen LogP contribution < -0.4 is 16.0 Å². The number of nitrogen functional groups attached to an aromatic ring is 1. The number of carbonyl (C=O) groups is 1. The standard InChI is InChI=1S/C17H21N5O/c1-12-6-7-13(18)10-15(12)17(23)19-11-14-4-3-9-22(14)16-5-2-8-20-21-16/h2,5-8,10,14H,3-4,9,11,18H2,1H3,(H,19,23). The van der Waals surface area contributed by atoms with Crippen molar-refractivity contribution in [2.75, 3.05) is 23.7 Å². The van der Waals surface area contributed by atoms with Crippen LogP contribution in [0.3, 0.4) is 0 Å². The Kier molecular flexibility index (Phi) is 4.41. The molecule has 1 atom stereocenters. The fourth-order valence-electron chi connectivity index (χ4n) is 2.99. The Morgan fingerprint density at radius 2 is 2.30 bits per heavy atom. The maximum Gasteiger partial charge on any atom is 0.251 e. The number of hydrogen-bond donors (Lipinski definition) is 2. The van der Waals surface area contributed by atoms with Crippen molar-refractivity contribution in [1.29, 1.82) is 0 Å². The Bertz CT molecular complexity index is 689. The van der Waals surface area contributed by atoms with Gasteiger partial charge in [-0.05, 0) is 49.6 Å². The van der Waals surface area contributed by atoms with E-state index in [1.54, 1.807) is 18.3 Å². The van der Waals surface area contributed by atoms with Crippen LogP contribution in [-0.4, -0.2) is 35.2 Å². The minimum atomic E-state index is -0.0826. The number of nitrogens with one attached hydrogen (secondary N) is 1. The van der Waals surface area contributed by atoms with Gasteiger partial charge in [-0.2, -0.15) is 5.10 Å². The molecule has 2 heterocycles. The van der Waals surface area contributed by atoms with E-state index in [0.29, 0.717) is 17.8 Å². The van der Waals surface area contributed by atoms with E-state index in [0.717, 1.165) is 30.8 Å². The summed E-state index contributed by atoms with van der Waals surface area (Å²) in [4.78, 5) is 14.6. The lowest BCUT2D eigenvalue weighted by Gasteiger charge is -2.25. The number of amides is 1. The largest absolute Gasteiger partial charge is 0.399 e. The first-order valence-corrected chi connectivity index (χ1v) is 7.84. The molecule has 3 N–H and O–H groups in total. The van der Waals surface area contributed by atoms with Gasteiger partial charge in [0.1, 0.15) is 0 Å². The highest BCUT2D eigenvalue weighted by Crippen LogP contribution is 2.22. The summed E-state index contributed by atoms with van der Waals surface area (Å²) < 4.78 is 0. The van der Waals surface area contributed by atoms with Gasteiger partial charge in [-0.25, -0.2) is 0 Å². The third-order valence-corrected chi connectivity index (χ3v) is 4.23. The van der Waals surface area contributed by atoms with E-state index in [1.165, 1.54) is 0 Å². The van der Waals surface area contributed by atoms with Gasteiger partial charge in [-0.1, -0.05) is 6.07 Å². The van der Waals surface area contributed by atoms with Gasteiger partial charge in [-0.3, -0.25) is 4.79 Å². The molecule has 0 spiro atoms. The second-order valence-corrected chi connectivity index (χ2v) is 5.86. The van der Waals surface area contributed by atoms with Crippen LogP contribution in [0.4, 0.5) is 11.5 Å². The van der Waals surface area contributed by atoms with Crippen LogP contribution in [0.1, 0.15) is 28.8 Å². The Balaban J connectivity index is 1.65. The summed E-state index contributed by atoms with van der Waals surface area (Å²) in [6, 6.07) is 9.48. The first kappa shape index (κ1) is 15.3. The molecule has 0 aliphatic carbocycles. The Morgan fingerprint density at radius 3 is 3.09 bits per heavy atom. The fraction of sp³-hybridized carbons (Fsp3) is 0.353. The highest BCUT2D eigenvalue weighted by molar-refractivity contribution is 5.96. The summed E-state index contributed by atoms with van der Waals surface area (Å²) in [6.07, 6.45) is 3.79. The number of aromatic nitrogens is 2. The van der Waals surface area contributed by atoms with Gasteiger partial charge in [-0.15, -0.1) is 5.10 Å². The van der Waals surface area contributed by atoms with E-state index >= 15 is 0 Å². The lowest BCUT2D eigenvalue weighted by Crippen LogP contribution is -2.40. The molecule has 1 amide bonds. The Hall–Kier alpha value is -2.63. The van der Waals surface area contributed by atoms with Gasteiger partial charge in [0.05, 0.1) is 0 Å². The summed E-state index contributed by atoms with van der Waals surface area (Å²) in [6.45, 7) is 3.44. The van der Waals surface area contributed by atoms with Crippen molar-refractivity contribution >= 4 is 17.4 Å². The number of hydrogen-bond acceptors (Lipinski definition) is 5. The van der Waals surface area contributed by atoms with Crippen LogP contribution in [0.5, 0.6) is 0 Å². The number of nitrogens with zero attached hydrogens (tertiary/aromatic N) is 3. The average molecular weight is 311 g/mol. The van der Waals surface area contributed by atoms with Crippen molar-refractivity contribution in [3.63, 3.8) is 0 Å². The summed E-state index contributed by atoms with van der Waals surface area (Å²) in [7, 11) is 0. The third kappa shape index (κ3) is 3.41. The van der Waals surface area contributed by atoms with E-state index in [4.69, 9.17) is 5.73 Å². The molecule has 23 heavy (non-hydrogen) atoms. The molecule has 1 fully saturated rings. The van der Waals surface area contributed by atoms with Gasteiger partial charge >= 0.3 is 0 Å². The molecule has 2 aromatic rings. The lowest BCUT2D eigenvalue weighted by atomic mass is 10.1. The molecule has 0 bridgehead atoms. The predicted octanol–water partition coefficient (Wildman–Crippen LogP) is 1.77. The number of anilines is 2. The van der Waals surface area contributed by atoms with Crippen molar-refractivity contribution in [2.45, 2.75) is 25.8 Å². The number of carbonyl (C=O) groups excluding carboxylic acids is 1. The maximum atomic E-state index is 12.4. The van der Waals surface area contributed by atoms with E-state index in [-0.39, 0.29) is 11.9 Å². The third-order valence-electron chi connectivity index (χ3n) is 4.23. The molecular weight excluding hydrogens is 290 g/mol. The quantitative estimate of drug-likeness (QED) is 0.841. The molecule has 1 unspecified atom stereocenters. The molecule has 3 rings (SSSR count). The van der Waals surface area contributed by atoms with Gasteiger partial charge in [0, 0.05) is 36.6 Å². The maximum absolute atomic E-state index is 12.4. The summed E-state index contributed by atoms with van der Waals surface area (Å²) in [5.74, 6) is 0.783. The molecule has 1 aliphatic heterocycles. The van der Waals surface area contributed by atoms with Gasteiger partial charge in [0.15, 0.2) is 5.82 Å². The number of nitrogens with two attached hydrogens (primary N) is 1. The highest BCUT2D eigenvalue weighted by atomic mass is 16.1. The van der Waals surface area contributed by atoms with Crippen LogP contribution in [0.15, 0.2) is 36.5 Å². The Morgan fingerprint density at radius 1 is 1.43 bits per heavy atom. The molecule has 6 nitrogen and oxygen atoms in total. The van der Waals surface area contributed by atoms with Crippen molar-refractivity contribution < 1.29 is 4.79 Å². The first-order valence-electron chi connectivity index (χ1n) is 7.84. The van der Waals surface area contributed by atoms with Crippen LogP contribution in [0.2, 0.25) is 0 Å². The van der Waals surface area contributed by atoms with Crippen molar-refractivity contribution in [3.05, 3.63) is 47.7 Å². The number of benzene rings is 1. The average Bonchev–Trinajstić information content (AvgIpc) is 3.04. The van der Waals surface area contributed by atoms with Crippen molar-refractivity contribution in [3.8, 4) is 0 Å². The second-order valence-electron chi connectivity index (χ2n) is 5.86.